The van der Waals surface area contributed by atoms with E-state index in [2.05, 4.69) is 20.5 Å². The van der Waals surface area contributed by atoms with Crippen LogP contribution in [0.1, 0.15) is 21.1 Å². The van der Waals surface area contributed by atoms with Crippen LogP contribution in [0.15, 0.2) is 54.9 Å². The van der Waals surface area contributed by atoms with Gasteiger partial charge in [-0.1, -0.05) is 18.2 Å². The molecule has 0 aliphatic rings. The van der Waals surface area contributed by atoms with E-state index in [-0.39, 0.29) is 17.3 Å². The zero-order valence-electron chi connectivity index (χ0n) is 11.9. The molecule has 0 saturated carbocycles. The van der Waals surface area contributed by atoms with Gasteiger partial charge in [-0.05, 0) is 24.3 Å². The Morgan fingerprint density at radius 2 is 1.87 bits per heavy atom. The second-order valence-electron chi connectivity index (χ2n) is 4.57. The van der Waals surface area contributed by atoms with Crippen molar-refractivity contribution < 1.29 is 9.59 Å². The van der Waals surface area contributed by atoms with E-state index in [1.165, 1.54) is 17.0 Å². The molecule has 2 heterocycles. The second-order valence-corrected chi connectivity index (χ2v) is 4.57. The van der Waals surface area contributed by atoms with Crippen LogP contribution < -0.4 is 11.1 Å². The zero-order chi connectivity index (χ0) is 16.2. The Kier molecular flexibility index (Phi) is 3.79. The third-order valence-electron chi connectivity index (χ3n) is 3.05. The van der Waals surface area contributed by atoms with Crippen LogP contribution in [0.5, 0.6) is 0 Å². The van der Waals surface area contributed by atoms with Crippen LogP contribution in [0.3, 0.4) is 0 Å². The topological polar surface area (TPSA) is 116 Å². The summed E-state index contributed by atoms with van der Waals surface area (Å²) in [6.45, 7) is 0. The van der Waals surface area contributed by atoms with Crippen molar-refractivity contribution in [3.05, 3.63) is 66.4 Å². The summed E-state index contributed by atoms with van der Waals surface area (Å²) in [5.74, 6) is -0.904. The van der Waals surface area contributed by atoms with E-state index >= 15 is 0 Å². The number of aromatic nitrogens is 4. The Bertz CT molecular complexity index is 845. The Hall–Kier alpha value is -3.55. The van der Waals surface area contributed by atoms with Crippen LogP contribution in [0.25, 0.3) is 5.69 Å². The summed E-state index contributed by atoms with van der Waals surface area (Å²) >= 11 is 0. The van der Waals surface area contributed by atoms with Gasteiger partial charge in [-0.25, -0.2) is 4.98 Å². The Morgan fingerprint density at radius 3 is 2.52 bits per heavy atom. The van der Waals surface area contributed by atoms with Crippen LogP contribution in [0.2, 0.25) is 0 Å². The molecule has 0 aliphatic heterocycles. The molecule has 0 radical (unpaired) electrons. The summed E-state index contributed by atoms with van der Waals surface area (Å²) in [5.41, 5.74) is 6.08. The molecular formula is C15H12N6O2. The van der Waals surface area contributed by atoms with Crippen molar-refractivity contribution >= 4 is 17.6 Å². The van der Waals surface area contributed by atoms with Crippen LogP contribution in [-0.4, -0.2) is 31.6 Å². The first-order valence-corrected chi connectivity index (χ1v) is 6.69. The number of hydrogen-bond acceptors (Lipinski definition) is 5. The van der Waals surface area contributed by atoms with E-state index in [1.54, 1.807) is 36.4 Å². The molecule has 3 N–H and O–H groups in total. The number of primary amides is 1. The molecule has 1 aromatic carbocycles. The number of nitrogens with zero attached hydrogens (tertiary/aromatic N) is 4. The highest BCUT2D eigenvalue weighted by Crippen LogP contribution is 2.15. The molecule has 2 amide bonds. The van der Waals surface area contributed by atoms with Crippen LogP contribution in [-0.2, 0) is 0 Å². The number of rotatable bonds is 4. The quantitative estimate of drug-likeness (QED) is 0.746. The average Bonchev–Trinajstić information content (AvgIpc) is 3.02. The van der Waals surface area contributed by atoms with Crippen molar-refractivity contribution in [3.63, 3.8) is 0 Å². The molecule has 0 unspecified atom stereocenters. The van der Waals surface area contributed by atoms with Crippen molar-refractivity contribution in [1.82, 2.24) is 19.7 Å². The van der Waals surface area contributed by atoms with E-state index in [4.69, 9.17) is 5.73 Å². The molecule has 0 bridgehead atoms. The van der Waals surface area contributed by atoms with Gasteiger partial charge in [-0.2, -0.15) is 5.10 Å². The number of carbonyl (C=O) groups is 2. The van der Waals surface area contributed by atoms with Gasteiger partial charge in [0.2, 0.25) is 5.82 Å². The maximum atomic E-state index is 12.4. The van der Waals surface area contributed by atoms with Crippen LogP contribution in [0, 0.1) is 0 Å². The SMILES string of the molecule is NC(=O)c1cnc(C(=O)Nc2cccnn2)n1-c1ccccc1. The van der Waals surface area contributed by atoms with E-state index in [0.29, 0.717) is 5.69 Å². The van der Waals surface area contributed by atoms with E-state index in [1.807, 2.05) is 6.07 Å². The molecule has 8 nitrogen and oxygen atoms in total. The van der Waals surface area contributed by atoms with Gasteiger partial charge in [0.25, 0.3) is 11.8 Å². The van der Waals surface area contributed by atoms with Crippen molar-refractivity contribution in [2.45, 2.75) is 0 Å². The fourth-order valence-electron chi connectivity index (χ4n) is 2.06. The van der Waals surface area contributed by atoms with Gasteiger partial charge in [-0.15, -0.1) is 5.10 Å². The smallest absolute Gasteiger partial charge is 0.293 e. The van der Waals surface area contributed by atoms with Crippen LogP contribution >= 0.6 is 0 Å². The number of para-hydroxylation sites is 1. The maximum Gasteiger partial charge on any atom is 0.293 e. The maximum absolute atomic E-state index is 12.4. The number of amides is 2. The lowest BCUT2D eigenvalue weighted by atomic mass is 10.3. The first-order valence-electron chi connectivity index (χ1n) is 6.69. The number of benzene rings is 1. The van der Waals surface area contributed by atoms with Gasteiger partial charge >= 0.3 is 0 Å². The number of carbonyl (C=O) groups excluding carboxylic acids is 2. The average molecular weight is 308 g/mol. The highest BCUT2D eigenvalue weighted by Gasteiger charge is 2.21. The summed E-state index contributed by atoms with van der Waals surface area (Å²) in [7, 11) is 0. The first kappa shape index (κ1) is 14.4. The van der Waals surface area contributed by atoms with Gasteiger partial charge in [0.1, 0.15) is 5.69 Å². The summed E-state index contributed by atoms with van der Waals surface area (Å²) in [6.07, 6.45) is 2.76. The molecule has 0 fully saturated rings. The van der Waals surface area contributed by atoms with Gasteiger partial charge < -0.3 is 11.1 Å². The predicted molar refractivity (Wildman–Crippen MR) is 82.1 cm³/mol. The molecule has 0 atom stereocenters. The summed E-state index contributed by atoms with van der Waals surface area (Å²) in [4.78, 5) is 28.0. The lowest BCUT2D eigenvalue weighted by molar-refractivity contribution is 0.0993. The third kappa shape index (κ3) is 2.91. The van der Waals surface area contributed by atoms with Crippen LogP contribution in [0.4, 0.5) is 5.82 Å². The zero-order valence-corrected chi connectivity index (χ0v) is 11.9. The molecular weight excluding hydrogens is 296 g/mol. The van der Waals surface area contributed by atoms with E-state index in [9.17, 15) is 9.59 Å². The molecule has 23 heavy (non-hydrogen) atoms. The van der Waals surface area contributed by atoms with Gasteiger partial charge in [-0.3, -0.25) is 14.2 Å². The number of nitrogens with two attached hydrogens (primary N) is 1. The summed E-state index contributed by atoms with van der Waals surface area (Å²) in [6, 6.07) is 12.1. The number of imidazole rings is 1. The monoisotopic (exact) mass is 308 g/mol. The van der Waals surface area contributed by atoms with Crippen molar-refractivity contribution in [2.24, 2.45) is 5.73 Å². The predicted octanol–water partition coefficient (Wildman–Crippen LogP) is 1.01. The normalized spacial score (nSPS) is 10.3. The Morgan fingerprint density at radius 1 is 1.09 bits per heavy atom. The summed E-state index contributed by atoms with van der Waals surface area (Å²) < 4.78 is 1.40. The van der Waals surface area contributed by atoms with Gasteiger partial charge in [0, 0.05) is 11.9 Å². The minimum absolute atomic E-state index is 0.0238. The van der Waals surface area contributed by atoms with Crippen molar-refractivity contribution in [1.29, 1.82) is 0 Å². The third-order valence-corrected chi connectivity index (χ3v) is 3.05. The molecule has 0 spiro atoms. The lowest BCUT2D eigenvalue weighted by Gasteiger charge is -2.10. The lowest BCUT2D eigenvalue weighted by Crippen LogP contribution is -2.22. The minimum atomic E-state index is -0.681. The molecule has 3 aromatic rings. The highest BCUT2D eigenvalue weighted by atomic mass is 16.2. The van der Waals surface area contributed by atoms with Crippen molar-refractivity contribution in [2.75, 3.05) is 5.32 Å². The molecule has 0 aliphatic carbocycles. The second kappa shape index (κ2) is 6.06. The van der Waals surface area contributed by atoms with Gasteiger partial charge in [0.15, 0.2) is 5.82 Å². The summed E-state index contributed by atoms with van der Waals surface area (Å²) in [5, 5.41) is 10.0. The largest absolute Gasteiger partial charge is 0.364 e. The molecule has 3 rings (SSSR count). The Labute approximate surface area is 131 Å². The molecule has 8 heteroatoms. The molecule has 0 saturated heterocycles. The number of hydrogen-bond donors (Lipinski definition) is 2. The standard InChI is InChI=1S/C15H12N6O2/c16-13(22)11-9-17-14(21(11)10-5-2-1-3-6-10)15(23)19-12-7-4-8-18-20-12/h1-9H,(H2,16,22)(H,19,20,23). The molecule has 114 valence electrons. The van der Waals surface area contributed by atoms with E-state index < -0.39 is 11.8 Å². The fraction of sp³-hybridized carbons (Fsp3) is 0. The van der Waals surface area contributed by atoms with Gasteiger partial charge in [0.05, 0.1) is 6.20 Å². The molecule has 2 aromatic heterocycles. The first-order chi connectivity index (χ1) is 11.2. The van der Waals surface area contributed by atoms with Crippen molar-refractivity contribution in [3.8, 4) is 5.69 Å². The minimum Gasteiger partial charge on any atom is -0.364 e. The fourth-order valence-corrected chi connectivity index (χ4v) is 2.06. The Balaban J connectivity index is 2.03. The number of nitrogens with one attached hydrogen (secondary N) is 1. The highest BCUT2D eigenvalue weighted by molar-refractivity contribution is 6.03. The number of anilines is 1. The van der Waals surface area contributed by atoms with E-state index in [0.717, 1.165) is 0 Å².